The molecule has 1 aliphatic heterocycles. The summed E-state index contributed by atoms with van der Waals surface area (Å²) in [4.78, 5) is 2.24. The Labute approximate surface area is 112 Å². The molecular weight excluding hydrogens is 248 g/mol. The second kappa shape index (κ2) is 6.19. The highest BCUT2D eigenvalue weighted by Crippen LogP contribution is 2.25. The molecule has 0 aliphatic carbocycles. The molecule has 1 aromatic carbocycles. The van der Waals surface area contributed by atoms with Gasteiger partial charge in [0.15, 0.2) is 0 Å². The van der Waals surface area contributed by atoms with Gasteiger partial charge in [-0.25, -0.2) is 8.78 Å². The number of halogens is 2. The molecule has 106 valence electrons. The topological polar surface area (TPSA) is 41.3 Å². The van der Waals surface area contributed by atoms with E-state index in [2.05, 4.69) is 10.2 Å². The Hall–Kier alpha value is -1.36. The predicted molar refractivity (Wildman–Crippen MR) is 74.9 cm³/mol. The number of hydrogen-bond acceptors (Lipinski definition) is 3. The van der Waals surface area contributed by atoms with Crippen LogP contribution in [-0.2, 0) is 6.42 Å². The third-order valence-corrected chi connectivity index (χ3v) is 3.77. The molecule has 0 radical (unpaired) electrons. The standard InChI is InChI=1S/C14H21F2N3/c1-18-11-4-6-19(7-5-11)12-2-3-13(17)10(8-12)9-14(15)16/h2-3,8,11,14,18H,4-7,9,17H2,1H3. The first-order valence-electron chi connectivity index (χ1n) is 6.69. The Bertz CT molecular complexity index is 415. The molecule has 0 spiro atoms. The van der Waals surface area contributed by atoms with Crippen LogP contribution in [0.15, 0.2) is 18.2 Å². The molecule has 1 heterocycles. The Morgan fingerprint density at radius 1 is 1.37 bits per heavy atom. The molecule has 2 rings (SSSR count). The Morgan fingerprint density at radius 2 is 2.05 bits per heavy atom. The SMILES string of the molecule is CNC1CCN(c2ccc(N)c(CC(F)F)c2)CC1. The summed E-state index contributed by atoms with van der Waals surface area (Å²) < 4.78 is 25.0. The van der Waals surface area contributed by atoms with Gasteiger partial charge in [0.2, 0.25) is 6.43 Å². The zero-order valence-electron chi connectivity index (χ0n) is 11.2. The summed E-state index contributed by atoms with van der Waals surface area (Å²) in [6.07, 6.45) is -0.476. The fraction of sp³-hybridized carbons (Fsp3) is 0.571. The number of alkyl halides is 2. The molecular formula is C14H21F2N3. The van der Waals surface area contributed by atoms with Crippen molar-refractivity contribution < 1.29 is 8.78 Å². The summed E-state index contributed by atoms with van der Waals surface area (Å²) in [6.45, 7) is 1.90. The lowest BCUT2D eigenvalue weighted by atomic mass is 10.0. The molecule has 0 unspecified atom stereocenters. The highest BCUT2D eigenvalue weighted by atomic mass is 19.3. The molecule has 0 bridgehead atoms. The van der Waals surface area contributed by atoms with Crippen molar-refractivity contribution >= 4 is 11.4 Å². The van der Waals surface area contributed by atoms with Crippen molar-refractivity contribution in [1.82, 2.24) is 5.32 Å². The van der Waals surface area contributed by atoms with E-state index < -0.39 is 6.43 Å². The van der Waals surface area contributed by atoms with E-state index in [1.165, 1.54) is 0 Å². The molecule has 3 nitrogen and oxygen atoms in total. The number of piperidine rings is 1. The first-order chi connectivity index (χ1) is 9.10. The largest absolute Gasteiger partial charge is 0.399 e. The van der Waals surface area contributed by atoms with Gasteiger partial charge in [-0.3, -0.25) is 0 Å². The molecule has 0 saturated carbocycles. The normalized spacial score (nSPS) is 17.2. The third kappa shape index (κ3) is 3.56. The lowest BCUT2D eigenvalue weighted by Gasteiger charge is -2.33. The van der Waals surface area contributed by atoms with Gasteiger partial charge < -0.3 is 16.0 Å². The monoisotopic (exact) mass is 269 g/mol. The van der Waals surface area contributed by atoms with E-state index in [0.29, 0.717) is 17.3 Å². The number of hydrogen-bond donors (Lipinski definition) is 2. The highest BCUT2D eigenvalue weighted by Gasteiger charge is 2.19. The Balaban J connectivity index is 2.08. The minimum Gasteiger partial charge on any atom is -0.399 e. The van der Waals surface area contributed by atoms with Crippen molar-refractivity contribution in [3.63, 3.8) is 0 Å². The van der Waals surface area contributed by atoms with Crippen LogP contribution in [0.25, 0.3) is 0 Å². The number of nitrogens with zero attached hydrogens (tertiary/aromatic N) is 1. The van der Waals surface area contributed by atoms with Crippen molar-refractivity contribution in [2.75, 3.05) is 30.8 Å². The molecule has 1 aromatic rings. The van der Waals surface area contributed by atoms with Crippen LogP contribution >= 0.6 is 0 Å². The molecule has 0 aromatic heterocycles. The number of anilines is 2. The van der Waals surface area contributed by atoms with Crippen LogP contribution < -0.4 is 16.0 Å². The van der Waals surface area contributed by atoms with E-state index in [0.717, 1.165) is 31.6 Å². The molecule has 0 atom stereocenters. The minimum atomic E-state index is -2.35. The van der Waals surface area contributed by atoms with Gasteiger partial charge in [-0.15, -0.1) is 0 Å². The van der Waals surface area contributed by atoms with Crippen LogP contribution in [0, 0.1) is 0 Å². The van der Waals surface area contributed by atoms with Gasteiger partial charge in [0.05, 0.1) is 0 Å². The summed E-state index contributed by atoms with van der Waals surface area (Å²) in [5.74, 6) is 0. The van der Waals surface area contributed by atoms with Gasteiger partial charge in [-0.1, -0.05) is 0 Å². The van der Waals surface area contributed by atoms with E-state index in [4.69, 9.17) is 5.73 Å². The quantitative estimate of drug-likeness (QED) is 0.824. The van der Waals surface area contributed by atoms with Crippen LogP contribution in [0.4, 0.5) is 20.2 Å². The van der Waals surface area contributed by atoms with Crippen LogP contribution in [0.3, 0.4) is 0 Å². The van der Waals surface area contributed by atoms with E-state index in [1.807, 2.05) is 13.1 Å². The smallest absolute Gasteiger partial charge is 0.242 e. The number of nitrogens with one attached hydrogen (secondary N) is 1. The van der Waals surface area contributed by atoms with Gasteiger partial charge in [-0.05, 0) is 43.7 Å². The van der Waals surface area contributed by atoms with Gasteiger partial charge in [0.25, 0.3) is 0 Å². The van der Waals surface area contributed by atoms with Crippen molar-refractivity contribution in [2.45, 2.75) is 31.7 Å². The molecule has 1 aliphatic rings. The fourth-order valence-corrected chi connectivity index (χ4v) is 2.56. The van der Waals surface area contributed by atoms with Crippen molar-refractivity contribution in [3.05, 3.63) is 23.8 Å². The second-order valence-electron chi connectivity index (χ2n) is 5.03. The summed E-state index contributed by atoms with van der Waals surface area (Å²) in [6, 6.07) is 6.02. The summed E-state index contributed by atoms with van der Waals surface area (Å²) >= 11 is 0. The Kier molecular flexibility index (Phi) is 4.58. The maximum Gasteiger partial charge on any atom is 0.242 e. The van der Waals surface area contributed by atoms with Gasteiger partial charge in [-0.2, -0.15) is 0 Å². The van der Waals surface area contributed by atoms with E-state index >= 15 is 0 Å². The number of nitrogens with two attached hydrogens (primary N) is 1. The maximum atomic E-state index is 12.5. The first kappa shape index (κ1) is 14.1. The summed E-state index contributed by atoms with van der Waals surface area (Å²) in [5.41, 5.74) is 7.75. The minimum absolute atomic E-state index is 0.271. The number of nitrogen functional groups attached to an aromatic ring is 1. The molecule has 5 heteroatoms. The number of rotatable bonds is 4. The van der Waals surface area contributed by atoms with Crippen molar-refractivity contribution in [3.8, 4) is 0 Å². The lowest BCUT2D eigenvalue weighted by Crippen LogP contribution is -2.41. The van der Waals surface area contributed by atoms with Crippen LogP contribution in [0.2, 0.25) is 0 Å². The van der Waals surface area contributed by atoms with Gasteiger partial charge in [0.1, 0.15) is 0 Å². The van der Waals surface area contributed by atoms with Gasteiger partial charge in [0, 0.05) is 36.9 Å². The van der Waals surface area contributed by atoms with Crippen LogP contribution in [0.1, 0.15) is 18.4 Å². The molecule has 1 fully saturated rings. The predicted octanol–water partition coefficient (Wildman–Crippen LogP) is 2.26. The van der Waals surface area contributed by atoms with E-state index in [-0.39, 0.29) is 6.42 Å². The maximum absolute atomic E-state index is 12.5. The molecule has 1 saturated heterocycles. The molecule has 0 amide bonds. The Morgan fingerprint density at radius 3 is 2.63 bits per heavy atom. The second-order valence-corrected chi connectivity index (χ2v) is 5.03. The van der Waals surface area contributed by atoms with E-state index in [1.54, 1.807) is 12.1 Å². The first-order valence-corrected chi connectivity index (χ1v) is 6.69. The van der Waals surface area contributed by atoms with Crippen LogP contribution in [-0.4, -0.2) is 32.6 Å². The molecule has 19 heavy (non-hydrogen) atoms. The van der Waals surface area contributed by atoms with Crippen LogP contribution in [0.5, 0.6) is 0 Å². The van der Waals surface area contributed by atoms with E-state index in [9.17, 15) is 8.78 Å². The lowest BCUT2D eigenvalue weighted by molar-refractivity contribution is 0.149. The fourth-order valence-electron chi connectivity index (χ4n) is 2.56. The zero-order valence-corrected chi connectivity index (χ0v) is 11.2. The zero-order chi connectivity index (χ0) is 13.8. The average molecular weight is 269 g/mol. The number of benzene rings is 1. The van der Waals surface area contributed by atoms with Crippen molar-refractivity contribution in [2.24, 2.45) is 0 Å². The van der Waals surface area contributed by atoms with Crippen molar-refractivity contribution in [1.29, 1.82) is 0 Å². The average Bonchev–Trinajstić information content (AvgIpc) is 2.41. The van der Waals surface area contributed by atoms with Gasteiger partial charge >= 0.3 is 0 Å². The highest BCUT2D eigenvalue weighted by molar-refractivity contribution is 5.59. The molecule has 3 N–H and O–H groups in total. The summed E-state index contributed by atoms with van der Waals surface area (Å²) in [7, 11) is 1.98. The summed E-state index contributed by atoms with van der Waals surface area (Å²) in [5, 5.41) is 3.28. The third-order valence-electron chi connectivity index (χ3n) is 3.77.